The molecule has 0 aliphatic heterocycles. The van der Waals surface area contributed by atoms with E-state index in [-0.39, 0.29) is 30.4 Å². The Labute approximate surface area is 121 Å². The van der Waals surface area contributed by atoms with Crippen LogP contribution in [0.1, 0.15) is 32.4 Å². The summed E-state index contributed by atoms with van der Waals surface area (Å²) < 4.78 is 14.0. The van der Waals surface area contributed by atoms with Gasteiger partial charge in [-0.15, -0.1) is 0 Å². The van der Waals surface area contributed by atoms with E-state index in [1.165, 1.54) is 6.07 Å². The van der Waals surface area contributed by atoms with Crippen LogP contribution in [0.4, 0.5) is 4.39 Å². The fourth-order valence-corrected chi connectivity index (χ4v) is 2.44. The third-order valence-electron chi connectivity index (χ3n) is 3.83. The fraction of sp³-hybridized carbons (Fsp3) is 0.625. The predicted octanol–water partition coefficient (Wildman–Crippen LogP) is 2.43. The quantitative estimate of drug-likeness (QED) is 0.768. The van der Waals surface area contributed by atoms with E-state index in [0.717, 1.165) is 13.1 Å². The van der Waals surface area contributed by atoms with Gasteiger partial charge in [0, 0.05) is 24.2 Å². The highest BCUT2D eigenvalue weighted by atomic mass is 19.1. The molecule has 3 atom stereocenters. The molecule has 2 N–H and O–H groups in total. The number of aliphatic hydroxyl groups is 1. The summed E-state index contributed by atoms with van der Waals surface area (Å²) in [6.07, 6.45) is 0. The van der Waals surface area contributed by atoms with Gasteiger partial charge in [0.2, 0.25) is 0 Å². The molecule has 1 aromatic carbocycles. The molecule has 0 bridgehead atoms. The minimum Gasteiger partial charge on any atom is -0.395 e. The lowest BCUT2D eigenvalue weighted by Crippen LogP contribution is -2.39. The maximum atomic E-state index is 14.0. The zero-order valence-electron chi connectivity index (χ0n) is 12.9. The summed E-state index contributed by atoms with van der Waals surface area (Å²) in [5.74, 6) is 0.0778. The van der Waals surface area contributed by atoms with Gasteiger partial charge in [-0.05, 0) is 32.5 Å². The Morgan fingerprint density at radius 3 is 2.50 bits per heavy atom. The van der Waals surface area contributed by atoms with E-state index < -0.39 is 0 Å². The zero-order chi connectivity index (χ0) is 15.1. The van der Waals surface area contributed by atoms with Crippen molar-refractivity contribution in [3.05, 3.63) is 35.6 Å². The summed E-state index contributed by atoms with van der Waals surface area (Å²) in [5.41, 5.74) is 0.715. The number of halogens is 1. The normalized spacial score (nSPS) is 16.1. The Morgan fingerprint density at radius 1 is 1.30 bits per heavy atom. The number of aliphatic hydroxyl groups excluding tert-OH is 1. The molecule has 3 nitrogen and oxygen atoms in total. The van der Waals surface area contributed by atoms with Gasteiger partial charge in [-0.25, -0.2) is 4.39 Å². The van der Waals surface area contributed by atoms with Crippen molar-refractivity contribution in [1.29, 1.82) is 0 Å². The van der Waals surface area contributed by atoms with Gasteiger partial charge in [0.25, 0.3) is 0 Å². The Balaban J connectivity index is 2.83. The van der Waals surface area contributed by atoms with E-state index in [1.54, 1.807) is 6.07 Å². The number of hydrogen-bond donors (Lipinski definition) is 2. The van der Waals surface area contributed by atoms with Gasteiger partial charge in [-0.1, -0.05) is 32.0 Å². The third-order valence-corrected chi connectivity index (χ3v) is 3.83. The highest BCUT2D eigenvalue weighted by Gasteiger charge is 2.23. The molecule has 3 unspecified atom stereocenters. The number of nitrogens with one attached hydrogen (secondary N) is 1. The second-order valence-electron chi connectivity index (χ2n) is 5.51. The lowest BCUT2D eigenvalue weighted by molar-refractivity contribution is 0.136. The van der Waals surface area contributed by atoms with Crippen LogP contribution < -0.4 is 5.32 Å². The number of rotatable bonds is 8. The lowest BCUT2D eigenvalue weighted by Gasteiger charge is -2.31. The number of likely N-dealkylation sites (N-methyl/N-ethyl adjacent to an activating group) is 1. The zero-order valence-corrected chi connectivity index (χ0v) is 12.9. The summed E-state index contributed by atoms with van der Waals surface area (Å²) in [6.45, 7) is 7.85. The van der Waals surface area contributed by atoms with Gasteiger partial charge in [0.15, 0.2) is 0 Å². The monoisotopic (exact) mass is 282 g/mol. The minimum atomic E-state index is -0.164. The Hall–Kier alpha value is -0.970. The lowest BCUT2D eigenvalue weighted by atomic mass is 9.93. The molecular weight excluding hydrogens is 255 g/mol. The Morgan fingerprint density at radius 2 is 1.95 bits per heavy atom. The van der Waals surface area contributed by atoms with Gasteiger partial charge in [-0.3, -0.25) is 0 Å². The van der Waals surface area contributed by atoms with Crippen molar-refractivity contribution in [3.8, 4) is 0 Å². The van der Waals surface area contributed by atoms with Crippen molar-refractivity contribution in [1.82, 2.24) is 10.2 Å². The van der Waals surface area contributed by atoms with Crippen LogP contribution in [0.2, 0.25) is 0 Å². The van der Waals surface area contributed by atoms with Gasteiger partial charge in [0.1, 0.15) is 5.82 Å². The summed E-state index contributed by atoms with van der Waals surface area (Å²) >= 11 is 0. The second kappa shape index (κ2) is 8.35. The molecule has 0 saturated heterocycles. The number of benzene rings is 1. The van der Waals surface area contributed by atoms with Crippen molar-refractivity contribution in [2.24, 2.45) is 5.92 Å². The molecule has 0 aliphatic rings. The third kappa shape index (κ3) is 4.54. The first-order chi connectivity index (χ1) is 9.51. The van der Waals surface area contributed by atoms with Crippen molar-refractivity contribution in [3.63, 3.8) is 0 Å². The number of hydrogen-bond acceptors (Lipinski definition) is 3. The molecule has 0 heterocycles. The van der Waals surface area contributed by atoms with Gasteiger partial charge in [0.05, 0.1) is 6.61 Å². The van der Waals surface area contributed by atoms with Crippen molar-refractivity contribution >= 4 is 0 Å². The number of nitrogens with zero attached hydrogens (tertiary/aromatic N) is 1. The molecule has 0 aromatic heterocycles. The summed E-state index contributed by atoms with van der Waals surface area (Å²) in [6, 6.07) is 7.03. The molecule has 1 aromatic rings. The summed E-state index contributed by atoms with van der Waals surface area (Å²) in [5, 5.41) is 12.6. The molecule has 0 spiro atoms. The average Bonchev–Trinajstić information content (AvgIpc) is 2.44. The minimum absolute atomic E-state index is 0.0189. The molecule has 0 amide bonds. The molecule has 0 fully saturated rings. The van der Waals surface area contributed by atoms with E-state index >= 15 is 0 Å². The van der Waals surface area contributed by atoms with Crippen LogP contribution in [0.15, 0.2) is 24.3 Å². The molecule has 0 saturated carbocycles. The standard InChI is InChI=1S/C16H27FN2O/c1-5-18-16(14-8-6-7-9-15(14)17)12(2)10-19(4)13(3)11-20/h6-9,12-13,16,18,20H,5,10-11H2,1-4H3. The van der Waals surface area contributed by atoms with Crippen LogP contribution in [0.3, 0.4) is 0 Å². The van der Waals surface area contributed by atoms with Crippen molar-refractivity contribution in [2.45, 2.75) is 32.9 Å². The van der Waals surface area contributed by atoms with E-state index in [1.807, 2.05) is 33.0 Å². The molecule has 0 radical (unpaired) electrons. The topological polar surface area (TPSA) is 35.5 Å². The largest absolute Gasteiger partial charge is 0.395 e. The molecule has 0 aliphatic carbocycles. The van der Waals surface area contributed by atoms with Gasteiger partial charge < -0.3 is 15.3 Å². The van der Waals surface area contributed by atoms with E-state index in [2.05, 4.69) is 17.1 Å². The molecular formula is C16H27FN2O. The summed E-state index contributed by atoms with van der Waals surface area (Å²) in [7, 11) is 1.99. The smallest absolute Gasteiger partial charge is 0.127 e. The Bertz CT molecular complexity index is 400. The van der Waals surface area contributed by atoms with Gasteiger partial charge >= 0.3 is 0 Å². The molecule has 4 heteroatoms. The van der Waals surface area contributed by atoms with Crippen LogP contribution in [0.5, 0.6) is 0 Å². The van der Waals surface area contributed by atoms with Crippen LogP contribution in [0, 0.1) is 11.7 Å². The van der Waals surface area contributed by atoms with Gasteiger partial charge in [-0.2, -0.15) is 0 Å². The van der Waals surface area contributed by atoms with E-state index in [0.29, 0.717) is 5.56 Å². The first-order valence-electron chi connectivity index (χ1n) is 7.30. The van der Waals surface area contributed by atoms with E-state index in [4.69, 9.17) is 0 Å². The van der Waals surface area contributed by atoms with Crippen molar-refractivity contribution < 1.29 is 9.50 Å². The second-order valence-corrected chi connectivity index (χ2v) is 5.51. The fourth-order valence-electron chi connectivity index (χ4n) is 2.44. The SMILES string of the molecule is CCNC(c1ccccc1F)C(C)CN(C)C(C)CO. The van der Waals surface area contributed by atoms with Crippen LogP contribution in [-0.2, 0) is 0 Å². The average molecular weight is 282 g/mol. The highest BCUT2D eigenvalue weighted by Crippen LogP contribution is 2.25. The predicted molar refractivity (Wildman–Crippen MR) is 81.2 cm³/mol. The molecule has 1 rings (SSSR count). The first-order valence-corrected chi connectivity index (χ1v) is 7.30. The van der Waals surface area contributed by atoms with Crippen LogP contribution >= 0.6 is 0 Å². The van der Waals surface area contributed by atoms with Crippen LogP contribution in [0.25, 0.3) is 0 Å². The molecule has 20 heavy (non-hydrogen) atoms. The maximum Gasteiger partial charge on any atom is 0.127 e. The Kier molecular flexibility index (Phi) is 7.13. The van der Waals surface area contributed by atoms with Crippen molar-refractivity contribution in [2.75, 3.05) is 26.7 Å². The van der Waals surface area contributed by atoms with E-state index in [9.17, 15) is 9.50 Å². The summed E-state index contributed by atoms with van der Waals surface area (Å²) in [4.78, 5) is 2.11. The van der Waals surface area contributed by atoms with Crippen LogP contribution in [-0.4, -0.2) is 42.8 Å². The first kappa shape index (κ1) is 17.1. The molecule has 114 valence electrons. The maximum absolute atomic E-state index is 14.0. The highest BCUT2D eigenvalue weighted by molar-refractivity contribution is 5.22.